The number of hydrogen-bond acceptors (Lipinski definition) is 15. The molecule has 0 unspecified atom stereocenters. The van der Waals surface area contributed by atoms with Gasteiger partial charge in [-0.3, -0.25) is 0 Å². The third kappa shape index (κ3) is 14.5. The summed E-state index contributed by atoms with van der Waals surface area (Å²) in [6.07, 6.45) is -4.34. The summed E-state index contributed by atoms with van der Waals surface area (Å²) >= 11 is 0. The van der Waals surface area contributed by atoms with Gasteiger partial charge in [-0.25, -0.2) is 43.7 Å². The molecule has 0 bridgehead atoms. The Bertz CT molecular complexity index is 1660. The molecule has 0 saturated carbocycles. The van der Waals surface area contributed by atoms with E-state index < -0.39 is 85.8 Å². The van der Waals surface area contributed by atoms with E-state index >= 15 is 0 Å². The van der Waals surface area contributed by atoms with E-state index in [0.717, 1.165) is 15.6 Å². The smallest absolute Gasteiger partial charge is 0.431 e. The number of carbonyl (C=O) groups excluding carboxylic acids is 6. The van der Waals surface area contributed by atoms with Crippen LogP contribution in [0.3, 0.4) is 0 Å². The van der Waals surface area contributed by atoms with Gasteiger partial charge in [-0.1, -0.05) is 118 Å². The van der Waals surface area contributed by atoms with Gasteiger partial charge in [0, 0.05) is 0 Å². The molecule has 0 aliphatic rings. The monoisotopic (exact) mass is 842 g/mol. The maximum absolute atomic E-state index is 12.5. The first kappa shape index (κ1) is 45.9. The van der Waals surface area contributed by atoms with Crippen LogP contribution in [0.15, 0.2) is 72.8 Å². The second-order valence-corrected chi connectivity index (χ2v) is 31.5. The predicted octanol–water partition coefficient (Wildman–Crippen LogP) is 6.79. The lowest BCUT2D eigenvalue weighted by atomic mass is 9.88. The van der Waals surface area contributed by atoms with Crippen LogP contribution in [-0.2, 0) is 43.5 Å². The lowest BCUT2D eigenvalue weighted by molar-refractivity contribution is -0.217. The lowest BCUT2D eigenvalue weighted by Gasteiger charge is -2.29. The van der Waals surface area contributed by atoms with E-state index in [-0.39, 0.29) is 23.1 Å². The van der Waals surface area contributed by atoms with E-state index in [4.69, 9.17) is 14.2 Å². The Hall–Kier alpha value is -5.47. The van der Waals surface area contributed by atoms with Crippen LogP contribution in [0.25, 0.3) is 0 Å². The summed E-state index contributed by atoms with van der Waals surface area (Å²) < 4.78 is 15.4. The van der Waals surface area contributed by atoms with Crippen LogP contribution in [0.2, 0.25) is 58.9 Å². The molecule has 15 nitrogen and oxygen atoms in total. The summed E-state index contributed by atoms with van der Waals surface area (Å²) in [5.74, 6) is -2.89. The fourth-order valence-corrected chi connectivity index (χ4v) is 8.32. The molecule has 0 aliphatic heterocycles. The molecule has 0 heterocycles. The van der Waals surface area contributed by atoms with Gasteiger partial charge in [0.05, 0.1) is 46.3 Å². The molecule has 3 aromatic carbocycles. The summed E-state index contributed by atoms with van der Waals surface area (Å²) in [6.45, 7) is 19.0. The molecule has 18 heteroatoms. The molecule has 0 radical (unpaired) electrons. The quantitative estimate of drug-likeness (QED) is 0.0575. The number of carbonyl (C=O) groups is 6. The van der Waals surface area contributed by atoms with Crippen molar-refractivity contribution in [2.45, 2.75) is 72.3 Å². The van der Waals surface area contributed by atoms with Crippen molar-refractivity contribution in [3.05, 3.63) is 89.5 Å². The van der Waals surface area contributed by atoms with Gasteiger partial charge in [0.15, 0.2) is 0 Å². The van der Waals surface area contributed by atoms with Crippen LogP contribution in [-0.4, -0.2) is 80.4 Å². The molecule has 0 fully saturated rings. The van der Waals surface area contributed by atoms with E-state index in [1.807, 2.05) is 0 Å². The van der Waals surface area contributed by atoms with Gasteiger partial charge in [-0.15, -0.1) is 0 Å². The van der Waals surface area contributed by atoms with Gasteiger partial charge >= 0.3 is 36.4 Å². The standard InChI is InChI=1S/C39H50O15Si3/c1-11-39(24-46-36(43)52-49-33(40)27-12-18-30(19-13-27)55(2,3)4,25-47-37(44)53-50-34(41)28-14-20-31(21-15-28)56(5,6)7)26-48-38(45)54-51-35(42)29-16-22-32(23-17-29)57(8,9)10/h12-23H,11,24-26H2,1-10H3. The fraction of sp³-hybridized carbons (Fsp3) is 0.385. The SMILES string of the molecule is CCC(COC(=O)OOC(=O)c1ccc([Si](C)(C)C)cc1)(COC(=O)OOC(=O)c1ccc([Si](C)(C)C)cc1)COC(=O)OOC(=O)c1ccc([Si](C)(C)C)cc1. The van der Waals surface area contributed by atoms with Gasteiger partial charge in [0.25, 0.3) is 0 Å². The van der Waals surface area contributed by atoms with E-state index in [0.29, 0.717) is 0 Å². The Balaban J connectivity index is 1.62. The summed E-state index contributed by atoms with van der Waals surface area (Å²) in [4.78, 5) is 102. The summed E-state index contributed by atoms with van der Waals surface area (Å²) in [5.41, 5.74) is -1.14. The number of rotatable bonds is 13. The van der Waals surface area contributed by atoms with Gasteiger partial charge in [-0.05, 0) is 42.8 Å². The molecule has 3 rings (SSSR count). The largest absolute Gasteiger partial charge is 0.549 e. The number of ether oxygens (including phenoxy) is 3. The average molecular weight is 843 g/mol. The summed E-state index contributed by atoms with van der Waals surface area (Å²) in [6, 6.07) is 20.0. The van der Waals surface area contributed by atoms with Crippen molar-refractivity contribution in [1.29, 1.82) is 0 Å². The molecule has 0 atom stereocenters. The molecule has 57 heavy (non-hydrogen) atoms. The number of hydrogen-bond donors (Lipinski definition) is 0. The van der Waals surface area contributed by atoms with Crippen LogP contribution in [0.5, 0.6) is 0 Å². The molecule has 0 spiro atoms. The van der Waals surface area contributed by atoms with Crippen molar-refractivity contribution in [3.8, 4) is 0 Å². The van der Waals surface area contributed by atoms with Crippen molar-refractivity contribution >= 4 is 76.2 Å². The first-order valence-corrected chi connectivity index (χ1v) is 28.5. The van der Waals surface area contributed by atoms with Crippen molar-refractivity contribution in [2.75, 3.05) is 19.8 Å². The van der Waals surface area contributed by atoms with E-state index in [9.17, 15) is 28.8 Å². The first-order chi connectivity index (χ1) is 26.5. The third-order valence-corrected chi connectivity index (χ3v) is 15.0. The normalized spacial score (nSPS) is 11.7. The molecule has 308 valence electrons. The van der Waals surface area contributed by atoms with Crippen LogP contribution < -0.4 is 15.6 Å². The van der Waals surface area contributed by atoms with Crippen LogP contribution in [0.4, 0.5) is 14.4 Å². The molecule has 0 aliphatic carbocycles. The Morgan fingerprint density at radius 1 is 0.404 bits per heavy atom. The Labute approximate surface area is 334 Å². The highest BCUT2D eigenvalue weighted by molar-refractivity contribution is 6.89. The second kappa shape index (κ2) is 19.6. The lowest BCUT2D eigenvalue weighted by Crippen LogP contribution is -2.39. The number of benzene rings is 3. The fourth-order valence-electron chi connectivity index (χ4n) is 4.82. The van der Waals surface area contributed by atoms with Crippen molar-refractivity contribution in [2.24, 2.45) is 5.41 Å². The zero-order valence-electron chi connectivity index (χ0n) is 33.9. The second-order valence-electron chi connectivity index (χ2n) is 16.3. The van der Waals surface area contributed by atoms with Crippen molar-refractivity contribution < 1.29 is 72.3 Å². The maximum Gasteiger partial charge on any atom is 0.549 e. The van der Waals surface area contributed by atoms with Gasteiger partial charge in [-0.2, -0.15) is 14.4 Å². The zero-order valence-corrected chi connectivity index (χ0v) is 36.9. The Morgan fingerprint density at radius 3 is 0.825 bits per heavy atom. The molecular formula is C39H50O15Si3. The van der Waals surface area contributed by atoms with Crippen LogP contribution in [0, 0.1) is 5.41 Å². The molecule has 0 saturated heterocycles. The van der Waals surface area contributed by atoms with E-state index in [1.54, 1.807) is 79.7 Å². The van der Waals surface area contributed by atoms with Crippen LogP contribution in [0.1, 0.15) is 44.4 Å². The van der Waals surface area contributed by atoms with Gasteiger partial charge < -0.3 is 14.2 Å². The highest BCUT2D eigenvalue weighted by atomic mass is 28.3. The van der Waals surface area contributed by atoms with E-state index in [2.05, 4.69) is 88.2 Å². The maximum atomic E-state index is 12.5. The zero-order chi connectivity index (χ0) is 42.6. The molecule has 0 N–H and O–H groups in total. The summed E-state index contributed by atoms with van der Waals surface area (Å²) in [5, 5.41) is 3.30. The molecule has 3 aromatic rings. The average Bonchev–Trinajstić information content (AvgIpc) is 3.17. The summed E-state index contributed by atoms with van der Waals surface area (Å²) in [7, 11) is -4.88. The molecule has 0 amide bonds. The highest BCUT2D eigenvalue weighted by Gasteiger charge is 2.36. The van der Waals surface area contributed by atoms with E-state index in [1.165, 1.54) is 0 Å². The van der Waals surface area contributed by atoms with Gasteiger partial charge in [0.1, 0.15) is 19.8 Å². The Kier molecular flexibility index (Phi) is 15.8. The van der Waals surface area contributed by atoms with Crippen molar-refractivity contribution in [1.82, 2.24) is 0 Å². The minimum atomic E-state index is -1.63. The third-order valence-electron chi connectivity index (χ3n) is 8.75. The highest BCUT2D eigenvalue weighted by Crippen LogP contribution is 2.25. The first-order valence-electron chi connectivity index (χ1n) is 18.0. The van der Waals surface area contributed by atoms with Gasteiger partial charge in [0.2, 0.25) is 0 Å². The predicted molar refractivity (Wildman–Crippen MR) is 215 cm³/mol. The topological polar surface area (TPSA) is 185 Å². The Morgan fingerprint density at radius 2 is 0.632 bits per heavy atom. The minimum Gasteiger partial charge on any atom is -0.431 e. The van der Waals surface area contributed by atoms with Crippen molar-refractivity contribution in [3.63, 3.8) is 0 Å². The minimum absolute atomic E-state index is 0.0104. The van der Waals surface area contributed by atoms with Crippen LogP contribution >= 0.6 is 0 Å². The molecular weight excluding hydrogens is 793 g/mol. The molecule has 0 aromatic heterocycles.